The molecule has 0 amide bonds. The average molecular weight is 213 g/mol. The minimum absolute atomic E-state index is 0. The molecule has 0 aromatic carbocycles. The van der Waals surface area contributed by atoms with E-state index in [1.165, 1.54) is 50.6 Å². The lowest BCUT2D eigenvalue weighted by Gasteiger charge is -2.05. The molecule has 1 heterocycles. The number of hydrogen-bond acceptors (Lipinski definition) is 0. The second-order valence-corrected chi connectivity index (χ2v) is 4.19. The Labute approximate surface area is 93.2 Å². The van der Waals surface area contributed by atoms with Crippen LogP contribution in [0, 0.1) is 0 Å². The summed E-state index contributed by atoms with van der Waals surface area (Å²) in [5, 5.41) is 0. The minimum Gasteiger partial charge on any atom is -1.00 e. The average Bonchev–Trinajstić information content (AvgIpc) is 2.61. The van der Waals surface area contributed by atoms with Crippen molar-refractivity contribution in [1.82, 2.24) is 0 Å². The monoisotopic (exact) mass is 213 g/mol. The molecule has 1 nitrogen and oxygen atoms in total. The van der Waals surface area contributed by atoms with Crippen LogP contribution in [0.25, 0.3) is 0 Å². The van der Waals surface area contributed by atoms with Gasteiger partial charge in [-0.1, -0.05) is 33.1 Å². The van der Waals surface area contributed by atoms with E-state index in [-0.39, 0.29) is 4.70 Å². The Bertz CT molecular complexity index is 209. The molecule has 1 rings (SSSR count). The SMILES string of the molecule is CCCCCC[NH+]1C=CC(CCC)=C1.[F-]. The highest BCUT2D eigenvalue weighted by Crippen LogP contribution is 2.06. The van der Waals surface area contributed by atoms with Crippen molar-refractivity contribution in [3.63, 3.8) is 0 Å². The molecule has 88 valence electrons. The highest BCUT2D eigenvalue weighted by Gasteiger charge is 2.09. The quantitative estimate of drug-likeness (QED) is 0.552. The van der Waals surface area contributed by atoms with Crippen LogP contribution >= 0.6 is 0 Å². The molecule has 0 fully saturated rings. The first-order valence-corrected chi connectivity index (χ1v) is 6.11. The van der Waals surface area contributed by atoms with Crippen LogP contribution in [0.3, 0.4) is 0 Å². The third kappa shape index (κ3) is 5.73. The predicted molar refractivity (Wildman–Crippen MR) is 62.1 cm³/mol. The number of unbranched alkanes of at least 4 members (excludes halogenated alkanes) is 3. The third-order valence-corrected chi connectivity index (χ3v) is 2.74. The normalized spacial score (nSPS) is 18.8. The van der Waals surface area contributed by atoms with E-state index in [1.807, 2.05) is 0 Å². The van der Waals surface area contributed by atoms with Gasteiger partial charge in [0, 0.05) is 11.6 Å². The summed E-state index contributed by atoms with van der Waals surface area (Å²) >= 11 is 0. The van der Waals surface area contributed by atoms with E-state index in [0.29, 0.717) is 0 Å². The lowest BCUT2D eigenvalue weighted by Crippen LogP contribution is -3.01. The molecule has 1 unspecified atom stereocenters. The van der Waals surface area contributed by atoms with Crippen LogP contribution < -0.4 is 9.60 Å². The third-order valence-electron chi connectivity index (χ3n) is 2.74. The Kier molecular flexibility index (Phi) is 8.30. The maximum absolute atomic E-state index is 2.38. The van der Waals surface area contributed by atoms with E-state index in [1.54, 1.807) is 4.90 Å². The van der Waals surface area contributed by atoms with Crippen molar-refractivity contribution in [3.05, 3.63) is 24.0 Å². The zero-order valence-corrected chi connectivity index (χ0v) is 10.1. The molecule has 0 radical (unpaired) electrons. The van der Waals surface area contributed by atoms with E-state index < -0.39 is 0 Å². The summed E-state index contributed by atoms with van der Waals surface area (Å²) < 4.78 is 0. The van der Waals surface area contributed by atoms with Gasteiger partial charge in [0.05, 0.1) is 12.7 Å². The summed E-state index contributed by atoms with van der Waals surface area (Å²) in [6, 6.07) is 0. The molecule has 0 saturated carbocycles. The molecule has 15 heavy (non-hydrogen) atoms. The Morgan fingerprint density at radius 1 is 1.07 bits per heavy atom. The van der Waals surface area contributed by atoms with E-state index in [2.05, 4.69) is 32.3 Å². The first kappa shape index (κ1) is 14.4. The molecular weight excluding hydrogens is 189 g/mol. The van der Waals surface area contributed by atoms with Crippen molar-refractivity contribution in [2.45, 2.75) is 52.4 Å². The Hall–Kier alpha value is -0.630. The van der Waals surface area contributed by atoms with Gasteiger partial charge < -0.3 is 4.70 Å². The smallest absolute Gasteiger partial charge is 0.102 e. The fraction of sp³-hybridized carbons (Fsp3) is 0.692. The maximum Gasteiger partial charge on any atom is 0.102 e. The maximum atomic E-state index is 2.38. The molecule has 2 heteroatoms. The van der Waals surface area contributed by atoms with E-state index in [4.69, 9.17) is 0 Å². The topological polar surface area (TPSA) is 4.44 Å². The Morgan fingerprint density at radius 2 is 1.87 bits per heavy atom. The molecule has 1 N–H and O–H groups in total. The fourth-order valence-corrected chi connectivity index (χ4v) is 1.90. The van der Waals surface area contributed by atoms with Crippen LogP contribution in [0.4, 0.5) is 0 Å². The predicted octanol–water partition coefficient (Wildman–Crippen LogP) is -0.333. The summed E-state index contributed by atoms with van der Waals surface area (Å²) in [6.07, 6.45) is 15.0. The second kappa shape index (κ2) is 8.66. The van der Waals surface area contributed by atoms with Gasteiger partial charge in [0.25, 0.3) is 0 Å². The van der Waals surface area contributed by atoms with Crippen LogP contribution in [-0.4, -0.2) is 6.54 Å². The lowest BCUT2D eigenvalue weighted by molar-refractivity contribution is -0.788. The standard InChI is InChI=1S/C13H23N.FH/c1-3-5-6-7-10-14-11-9-13(12-14)8-4-2;/h9,11-12H,3-8,10H2,1-2H3;1H. The summed E-state index contributed by atoms with van der Waals surface area (Å²) in [5.74, 6) is 0. The molecule has 0 bridgehead atoms. The van der Waals surface area contributed by atoms with E-state index in [0.717, 1.165) is 0 Å². The molecule has 0 aromatic rings. The van der Waals surface area contributed by atoms with Crippen molar-refractivity contribution in [2.75, 3.05) is 6.54 Å². The molecule has 1 atom stereocenters. The molecular formula is C13H24FN. The molecule has 1 aliphatic heterocycles. The first-order valence-electron chi connectivity index (χ1n) is 6.11. The van der Waals surface area contributed by atoms with Crippen LogP contribution in [0.2, 0.25) is 0 Å². The van der Waals surface area contributed by atoms with Gasteiger partial charge >= 0.3 is 0 Å². The van der Waals surface area contributed by atoms with Gasteiger partial charge in [-0.3, -0.25) is 4.90 Å². The molecule has 0 saturated heterocycles. The summed E-state index contributed by atoms with van der Waals surface area (Å²) in [4.78, 5) is 1.55. The zero-order chi connectivity index (χ0) is 10.2. The Balaban J connectivity index is 0.00000196. The van der Waals surface area contributed by atoms with Crippen molar-refractivity contribution in [3.8, 4) is 0 Å². The molecule has 0 aromatic heterocycles. The number of allylic oxidation sites excluding steroid dienone is 2. The van der Waals surface area contributed by atoms with Gasteiger partial charge in [-0.15, -0.1) is 0 Å². The summed E-state index contributed by atoms with van der Waals surface area (Å²) in [6.45, 7) is 5.79. The number of rotatable bonds is 7. The van der Waals surface area contributed by atoms with Crippen molar-refractivity contribution in [1.29, 1.82) is 0 Å². The van der Waals surface area contributed by atoms with Crippen LogP contribution in [-0.2, 0) is 0 Å². The first-order chi connectivity index (χ1) is 6.86. The second-order valence-electron chi connectivity index (χ2n) is 4.19. The van der Waals surface area contributed by atoms with Crippen molar-refractivity contribution in [2.24, 2.45) is 0 Å². The summed E-state index contributed by atoms with van der Waals surface area (Å²) in [5.41, 5.74) is 1.53. The van der Waals surface area contributed by atoms with Gasteiger partial charge in [-0.2, -0.15) is 0 Å². The van der Waals surface area contributed by atoms with Crippen LogP contribution in [0.5, 0.6) is 0 Å². The van der Waals surface area contributed by atoms with Crippen molar-refractivity contribution < 1.29 is 9.60 Å². The van der Waals surface area contributed by atoms with E-state index in [9.17, 15) is 0 Å². The summed E-state index contributed by atoms with van der Waals surface area (Å²) in [7, 11) is 0. The highest BCUT2D eigenvalue weighted by molar-refractivity contribution is 5.17. The van der Waals surface area contributed by atoms with Gasteiger partial charge in [0.1, 0.15) is 6.20 Å². The van der Waals surface area contributed by atoms with Gasteiger partial charge in [0.2, 0.25) is 0 Å². The van der Waals surface area contributed by atoms with Crippen LogP contribution in [0.15, 0.2) is 24.0 Å². The van der Waals surface area contributed by atoms with Gasteiger partial charge in [-0.25, -0.2) is 0 Å². The fourth-order valence-electron chi connectivity index (χ4n) is 1.90. The largest absolute Gasteiger partial charge is 1.00 e. The minimum atomic E-state index is 0. The van der Waals surface area contributed by atoms with Crippen LogP contribution in [0.1, 0.15) is 52.4 Å². The molecule has 1 aliphatic rings. The highest BCUT2D eigenvalue weighted by atomic mass is 19.0. The zero-order valence-electron chi connectivity index (χ0n) is 10.1. The number of hydrogen-bond donors (Lipinski definition) is 1. The number of quaternary nitrogens is 1. The number of halogens is 1. The molecule has 0 aliphatic carbocycles. The Morgan fingerprint density at radius 3 is 2.53 bits per heavy atom. The lowest BCUT2D eigenvalue weighted by atomic mass is 10.2. The van der Waals surface area contributed by atoms with Crippen molar-refractivity contribution >= 4 is 0 Å². The molecule has 0 spiro atoms. The van der Waals surface area contributed by atoms with Gasteiger partial charge in [0.15, 0.2) is 0 Å². The number of nitrogens with one attached hydrogen (secondary N) is 1. The van der Waals surface area contributed by atoms with Gasteiger partial charge in [-0.05, 0) is 19.3 Å². The van der Waals surface area contributed by atoms with E-state index >= 15 is 0 Å².